The Morgan fingerprint density at radius 3 is 2.39 bits per heavy atom. The van der Waals surface area contributed by atoms with Gasteiger partial charge in [-0.3, -0.25) is 15.4 Å². The zero-order valence-corrected chi connectivity index (χ0v) is 12.0. The first-order valence-electron chi connectivity index (χ1n) is 6.44. The van der Waals surface area contributed by atoms with Crippen molar-refractivity contribution in [2.75, 3.05) is 5.32 Å². The predicted molar refractivity (Wildman–Crippen MR) is 80.9 cm³/mol. The van der Waals surface area contributed by atoms with E-state index in [-0.39, 0.29) is 22.7 Å². The highest BCUT2D eigenvalue weighted by Gasteiger charge is 2.16. The van der Waals surface area contributed by atoms with Crippen molar-refractivity contribution in [2.45, 2.75) is 6.92 Å². The standard InChI is InChI=1S/C15H12N2O6/c1-9-3-2-4-12(13(9)14(18)19)16-15(20)23-11-7-5-10(6-8-11)17(21)22/h2-8H,1H3,(H,16,20)(H,18,19). The Bertz CT molecular complexity index is 770. The largest absolute Gasteiger partial charge is 0.478 e. The van der Waals surface area contributed by atoms with Crippen LogP contribution >= 0.6 is 0 Å². The molecule has 0 saturated heterocycles. The Kier molecular flexibility index (Phi) is 4.55. The summed E-state index contributed by atoms with van der Waals surface area (Å²) in [5.74, 6) is -1.08. The van der Waals surface area contributed by atoms with Gasteiger partial charge in [0.05, 0.1) is 16.2 Å². The SMILES string of the molecule is Cc1cccc(NC(=O)Oc2ccc([N+](=O)[O-])cc2)c1C(=O)O. The molecule has 0 radical (unpaired) electrons. The van der Waals surface area contributed by atoms with Crippen LogP contribution in [0.1, 0.15) is 15.9 Å². The molecule has 8 nitrogen and oxygen atoms in total. The summed E-state index contributed by atoms with van der Waals surface area (Å²) in [6, 6.07) is 9.57. The van der Waals surface area contributed by atoms with E-state index in [1.54, 1.807) is 19.1 Å². The van der Waals surface area contributed by atoms with Gasteiger partial charge in [0.1, 0.15) is 5.75 Å². The second kappa shape index (κ2) is 6.56. The molecule has 0 aliphatic carbocycles. The third-order valence-electron chi connectivity index (χ3n) is 2.98. The average Bonchev–Trinajstić information content (AvgIpc) is 2.47. The van der Waals surface area contributed by atoms with Crippen molar-refractivity contribution in [1.29, 1.82) is 0 Å². The van der Waals surface area contributed by atoms with Gasteiger partial charge in [0, 0.05) is 12.1 Å². The molecule has 0 atom stereocenters. The average molecular weight is 316 g/mol. The Hall–Kier alpha value is -3.42. The van der Waals surface area contributed by atoms with Gasteiger partial charge in [-0.05, 0) is 30.7 Å². The van der Waals surface area contributed by atoms with Crippen LogP contribution in [0.2, 0.25) is 0 Å². The van der Waals surface area contributed by atoms with Crippen LogP contribution in [0.4, 0.5) is 16.2 Å². The molecule has 0 saturated carbocycles. The number of anilines is 1. The third-order valence-corrected chi connectivity index (χ3v) is 2.98. The number of carboxylic acids is 1. The summed E-state index contributed by atoms with van der Waals surface area (Å²) in [5, 5.41) is 22.1. The van der Waals surface area contributed by atoms with E-state index in [1.807, 2.05) is 0 Å². The van der Waals surface area contributed by atoms with Crippen molar-refractivity contribution in [3.8, 4) is 5.75 Å². The van der Waals surface area contributed by atoms with Crippen molar-refractivity contribution in [1.82, 2.24) is 0 Å². The summed E-state index contributed by atoms with van der Waals surface area (Å²) in [6.45, 7) is 1.61. The zero-order valence-electron chi connectivity index (χ0n) is 12.0. The second-order valence-electron chi connectivity index (χ2n) is 4.57. The van der Waals surface area contributed by atoms with Gasteiger partial charge in [-0.1, -0.05) is 12.1 Å². The topological polar surface area (TPSA) is 119 Å². The number of carbonyl (C=O) groups is 2. The number of ether oxygens (including phenoxy) is 1. The molecule has 23 heavy (non-hydrogen) atoms. The van der Waals surface area contributed by atoms with Crippen molar-refractivity contribution < 1.29 is 24.4 Å². The summed E-state index contributed by atoms with van der Waals surface area (Å²) in [7, 11) is 0. The quantitative estimate of drug-likeness (QED) is 0.660. The fraction of sp³-hybridized carbons (Fsp3) is 0.0667. The number of rotatable bonds is 4. The molecule has 2 aromatic rings. The van der Waals surface area contributed by atoms with Crippen LogP contribution < -0.4 is 10.1 Å². The summed E-state index contributed by atoms with van der Waals surface area (Å²) in [6.07, 6.45) is -0.896. The lowest BCUT2D eigenvalue weighted by Gasteiger charge is -2.10. The number of aromatic carboxylic acids is 1. The van der Waals surface area contributed by atoms with Gasteiger partial charge in [0.2, 0.25) is 0 Å². The molecule has 2 aromatic carbocycles. The molecule has 0 bridgehead atoms. The number of carbonyl (C=O) groups excluding carboxylic acids is 1. The van der Waals surface area contributed by atoms with Gasteiger partial charge in [0.15, 0.2) is 0 Å². The number of amides is 1. The fourth-order valence-electron chi connectivity index (χ4n) is 1.93. The lowest BCUT2D eigenvalue weighted by atomic mass is 10.1. The summed E-state index contributed by atoms with van der Waals surface area (Å²) in [4.78, 5) is 33.0. The summed E-state index contributed by atoms with van der Waals surface area (Å²) < 4.78 is 4.96. The van der Waals surface area contributed by atoms with Crippen LogP contribution in [0.15, 0.2) is 42.5 Å². The van der Waals surface area contributed by atoms with Crippen LogP contribution in [-0.2, 0) is 0 Å². The van der Waals surface area contributed by atoms with Crippen molar-refractivity contribution in [2.24, 2.45) is 0 Å². The Labute approximate surface area is 130 Å². The smallest absolute Gasteiger partial charge is 0.417 e. The van der Waals surface area contributed by atoms with Crippen molar-refractivity contribution >= 4 is 23.4 Å². The van der Waals surface area contributed by atoms with Gasteiger partial charge in [-0.2, -0.15) is 0 Å². The molecule has 0 heterocycles. The molecule has 2 rings (SSSR count). The highest BCUT2D eigenvalue weighted by Crippen LogP contribution is 2.21. The third kappa shape index (κ3) is 3.82. The number of benzene rings is 2. The molecule has 1 amide bonds. The number of non-ortho nitro benzene ring substituents is 1. The number of nitrogens with one attached hydrogen (secondary N) is 1. The first kappa shape index (κ1) is 16.0. The van der Waals surface area contributed by atoms with Crippen LogP contribution in [-0.4, -0.2) is 22.1 Å². The molecular formula is C15H12N2O6. The van der Waals surface area contributed by atoms with Crippen LogP contribution in [0, 0.1) is 17.0 Å². The lowest BCUT2D eigenvalue weighted by Crippen LogP contribution is -2.19. The Morgan fingerprint density at radius 1 is 1.17 bits per heavy atom. The predicted octanol–water partition coefficient (Wildman–Crippen LogP) is 3.21. The Morgan fingerprint density at radius 2 is 1.83 bits per heavy atom. The number of hydrogen-bond donors (Lipinski definition) is 2. The monoisotopic (exact) mass is 316 g/mol. The number of carboxylic acid groups (broad SMARTS) is 1. The van der Waals surface area contributed by atoms with Crippen LogP contribution in [0.5, 0.6) is 5.75 Å². The second-order valence-corrected chi connectivity index (χ2v) is 4.57. The van der Waals surface area contributed by atoms with E-state index in [1.165, 1.54) is 30.3 Å². The first-order valence-corrected chi connectivity index (χ1v) is 6.44. The molecule has 0 fully saturated rings. The molecule has 118 valence electrons. The fourth-order valence-corrected chi connectivity index (χ4v) is 1.93. The molecule has 0 unspecified atom stereocenters. The van der Waals surface area contributed by atoms with Gasteiger partial charge in [-0.15, -0.1) is 0 Å². The number of nitro groups is 1. The first-order chi connectivity index (χ1) is 10.9. The molecule has 2 N–H and O–H groups in total. The zero-order chi connectivity index (χ0) is 17.0. The van der Waals surface area contributed by atoms with Crippen molar-refractivity contribution in [3.63, 3.8) is 0 Å². The maximum Gasteiger partial charge on any atom is 0.417 e. The number of aryl methyl sites for hydroxylation is 1. The molecule has 0 spiro atoms. The minimum Gasteiger partial charge on any atom is -0.478 e. The van der Waals surface area contributed by atoms with E-state index in [9.17, 15) is 24.8 Å². The number of hydrogen-bond acceptors (Lipinski definition) is 5. The van der Waals surface area contributed by atoms with E-state index in [2.05, 4.69) is 5.32 Å². The van der Waals surface area contributed by atoms with Gasteiger partial charge in [-0.25, -0.2) is 9.59 Å². The highest BCUT2D eigenvalue weighted by molar-refractivity contribution is 6.00. The van der Waals surface area contributed by atoms with Gasteiger partial charge >= 0.3 is 12.1 Å². The number of nitro benzene ring substituents is 1. The number of nitrogens with zero attached hydrogens (tertiary/aromatic N) is 1. The van der Waals surface area contributed by atoms with Crippen molar-refractivity contribution in [3.05, 3.63) is 63.7 Å². The van der Waals surface area contributed by atoms with E-state index in [0.717, 1.165) is 0 Å². The lowest BCUT2D eigenvalue weighted by molar-refractivity contribution is -0.384. The van der Waals surface area contributed by atoms with E-state index in [4.69, 9.17) is 4.74 Å². The summed E-state index contributed by atoms with van der Waals surface area (Å²) in [5.41, 5.74) is 0.424. The van der Waals surface area contributed by atoms with E-state index >= 15 is 0 Å². The molecule has 8 heteroatoms. The van der Waals surface area contributed by atoms with E-state index in [0.29, 0.717) is 5.56 Å². The molecule has 0 aliphatic heterocycles. The maximum absolute atomic E-state index is 11.8. The van der Waals surface area contributed by atoms with E-state index < -0.39 is 17.0 Å². The minimum atomic E-state index is -1.17. The van der Waals surface area contributed by atoms with Gasteiger partial charge in [0.25, 0.3) is 5.69 Å². The summed E-state index contributed by atoms with van der Waals surface area (Å²) >= 11 is 0. The minimum absolute atomic E-state index is 0.0341. The molecule has 0 aromatic heterocycles. The van der Waals surface area contributed by atoms with Gasteiger partial charge < -0.3 is 9.84 Å². The van der Waals surface area contributed by atoms with Crippen LogP contribution in [0.25, 0.3) is 0 Å². The highest BCUT2D eigenvalue weighted by atomic mass is 16.6. The Balaban J connectivity index is 2.12. The molecular weight excluding hydrogens is 304 g/mol. The van der Waals surface area contributed by atoms with Crippen LogP contribution in [0.3, 0.4) is 0 Å². The molecule has 0 aliphatic rings. The maximum atomic E-state index is 11.8. The normalized spacial score (nSPS) is 9.96.